The SMILES string of the molecule is C[C@H](N)c1ccc(Cl)c(Cl)c1Cl.Cl. The van der Waals surface area contributed by atoms with Crippen LogP contribution in [-0.4, -0.2) is 0 Å². The van der Waals surface area contributed by atoms with E-state index in [0.717, 1.165) is 5.56 Å². The van der Waals surface area contributed by atoms with Gasteiger partial charge in [0.25, 0.3) is 0 Å². The second-order valence-electron chi connectivity index (χ2n) is 2.55. The van der Waals surface area contributed by atoms with Gasteiger partial charge in [-0.15, -0.1) is 12.4 Å². The van der Waals surface area contributed by atoms with Crippen LogP contribution in [0, 0.1) is 0 Å². The molecule has 13 heavy (non-hydrogen) atoms. The molecule has 0 bridgehead atoms. The summed E-state index contributed by atoms with van der Waals surface area (Å²) in [5.41, 5.74) is 6.46. The Morgan fingerprint density at radius 3 is 2.15 bits per heavy atom. The Kier molecular flexibility index (Phi) is 5.42. The van der Waals surface area contributed by atoms with E-state index < -0.39 is 0 Å². The lowest BCUT2D eigenvalue weighted by atomic mass is 10.1. The third-order valence-electron chi connectivity index (χ3n) is 1.56. The van der Waals surface area contributed by atoms with Gasteiger partial charge in [-0.1, -0.05) is 40.9 Å². The molecule has 0 saturated carbocycles. The van der Waals surface area contributed by atoms with Crippen LogP contribution in [0.5, 0.6) is 0 Å². The van der Waals surface area contributed by atoms with Crippen molar-refractivity contribution in [1.29, 1.82) is 0 Å². The van der Waals surface area contributed by atoms with Crippen LogP contribution in [0.3, 0.4) is 0 Å². The Bertz CT molecular complexity index is 298. The molecule has 0 aromatic heterocycles. The van der Waals surface area contributed by atoms with Crippen molar-refractivity contribution < 1.29 is 0 Å². The Morgan fingerprint density at radius 2 is 1.69 bits per heavy atom. The zero-order chi connectivity index (χ0) is 9.30. The summed E-state index contributed by atoms with van der Waals surface area (Å²) in [4.78, 5) is 0. The maximum absolute atomic E-state index is 5.90. The second-order valence-corrected chi connectivity index (χ2v) is 3.72. The highest BCUT2D eigenvalue weighted by molar-refractivity contribution is 6.48. The molecule has 2 N–H and O–H groups in total. The third-order valence-corrected chi connectivity index (χ3v) is 2.86. The van der Waals surface area contributed by atoms with Crippen LogP contribution < -0.4 is 5.73 Å². The summed E-state index contributed by atoms with van der Waals surface area (Å²) in [6, 6.07) is 3.34. The van der Waals surface area contributed by atoms with Crippen LogP contribution in [0.15, 0.2) is 12.1 Å². The molecule has 0 amide bonds. The van der Waals surface area contributed by atoms with Crippen molar-refractivity contribution >= 4 is 47.2 Å². The Hall–Kier alpha value is 0.340. The quantitative estimate of drug-likeness (QED) is 0.757. The van der Waals surface area contributed by atoms with Gasteiger partial charge in [-0.05, 0) is 18.6 Å². The highest BCUT2D eigenvalue weighted by Crippen LogP contribution is 2.34. The molecule has 0 aliphatic heterocycles. The summed E-state index contributed by atoms with van der Waals surface area (Å²) in [5.74, 6) is 0. The van der Waals surface area contributed by atoms with Crippen molar-refractivity contribution in [2.45, 2.75) is 13.0 Å². The molecule has 0 aliphatic carbocycles. The minimum atomic E-state index is -0.132. The lowest BCUT2D eigenvalue weighted by Gasteiger charge is -2.09. The Morgan fingerprint density at radius 1 is 1.15 bits per heavy atom. The van der Waals surface area contributed by atoms with Gasteiger partial charge in [-0.25, -0.2) is 0 Å². The van der Waals surface area contributed by atoms with Gasteiger partial charge in [0, 0.05) is 6.04 Å². The molecule has 0 spiro atoms. The lowest BCUT2D eigenvalue weighted by molar-refractivity contribution is 0.818. The molecule has 1 nitrogen and oxygen atoms in total. The molecule has 5 heteroatoms. The van der Waals surface area contributed by atoms with Crippen LogP contribution in [0.1, 0.15) is 18.5 Å². The molecule has 0 fully saturated rings. The summed E-state index contributed by atoms with van der Waals surface area (Å²) in [5, 5.41) is 1.26. The first-order valence-electron chi connectivity index (χ1n) is 3.43. The number of hydrogen-bond acceptors (Lipinski definition) is 1. The first-order valence-corrected chi connectivity index (χ1v) is 4.56. The Balaban J connectivity index is 0.00000144. The minimum Gasteiger partial charge on any atom is -0.324 e. The first kappa shape index (κ1) is 13.3. The van der Waals surface area contributed by atoms with E-state index in [1.807, 2.05) is 6.92 Å². The summed E-state index contributed by atoms with van der Waals surface area (Å²) in [6.45, 7) is 1.84. The minimum absolute atomic E-state index is 0. The van der Waals surface area contributed by atoms with E-state index in [2.05, 4.69) is 0 Å². The smallest absolute Gasteiger partial charge is 0.0781 e. The van der Waals surface area contributed by atoms with E-state index in [9.17, 15) is 0 Å². The van der Waals surface area contributed by atoms with Gasteiger partial charge in [-0.3, -0.25) is 0 Å². The van der Waals surface area contributed by atoms with Crippen molar-refractivity contribution in [3.63, 3.8) is 0 Å². The van der Waals surface area contributed by atoms with Crippen molar-refractivity contribution in [2.24, 2.45) is 5.73 Å². The molecule has 0 radical (unpaired) electrons. The summed E-state index contributed by atoms with van der Waals surface area (Å²) >= 11 is 17.4. The highest BCUT2D eigenvalue weighted by atomic mass is 35.5. The number of nitrogens with two attached hydrogens (primary N) is 1. The molecule has 0 heterocycles. The Labute approximate surface area is 98.6 Å². The van der Waals surface area contributed by atoms with Crippen molar-refractivity contribution in [3.05, 3.63) is 32.8 Å². The van der Waals surface area contributed by atoms with Gasteiger partial charge in [-0.2, -0.15) is 0 Å². The highest BCUT2D eigenvalue weighted by Gasteiger charge is 2.10. The normalized spacial score (nSPS) is 12.1. The lowest BCUT2D eigenvalue weighted by Crippen LogP contribution is -2.05. The molecular formula is C8H9Cl4N. The van der Waals surface area contributed by atoms with E-state index in [4.69, 9.17) is 40.5 Å². The van der Waals surface area contributed by atoms with Crippen molar-refractivity contribution in [1.82, 2.24) is 0 Å². The average molecular weight is 261 g/mol. The number of rotatable bonds is 1. The second kappa shape index (κ2) is 5.28. The molecule has 1 aromatic carbocycles. The number of halogens is 4. The molecule has 1 rings (SSSR count). The molecule has 0 saturated heterocycles. The van der Waals surface area contributed by atoms with E-state index in [1.165, 1.54) is 0 Å². The largest absolute Gasteiger partial charge is 0.324 e. The van der Waals surface area contributed by atoms with Crippen LogP contribution >= 0.6 is 47.2 Å². The summed E-state index contributed by atoms with van der Waals surface area (Å²) in [6.07, 6.45) is 0. The summed E-state index contributed by atoms with van der Waals surface area (Å²) in [7, 11) is 0. The third kappa shape index (κ3) is 2.90. The molecule has 1 atom stereocenters. The maximum Gasteiger partial charge on any atom is 0.0781 e. The van der Waals surface area contributed by atoms with Crippen LogP contribution in [0.2, 0.25) is 15.1 Å². The fraction of sp³-hybridized carbons (Fsp3) is 0.250. The zero-order valence-corrected chi connectivity index (χ0v) is 9.94. The summed E-state index contributed by atoms with van der Waals surface area (Å²) < 4.78 is 0. The van der Waals surface area contributed by atoms with Gasteiger partial charge in [0.05, 0.1) is 15.1 Å². The van der Waals surface area contributed by atoms with Gasteiger partial charge >= 0.3 is 0 Å². The maximum atomic E-state index is 5.90. The molecule has 0 unspecified atom stereocenters. The van der Waals surface area contributed by atoms with Gasteiger partial charge < -0.3 is 5.73 Å². The zero-order valence-electron chi connectivity index (χ0n) is 6.85. The van der Waals surface area contributed by atoms with E-state index in [-0.39, 0.29) is 18.4 Å². The van der Waals surface area contributed by atoms with E-state index >= 15 is 0 Å². The van der Waals surface area contributed by atoms with E-state index in [1.54, 1.807) is 12.1 Å². The number of hydrogen-bond donors (Lipinski definition) is 1. The van der Waals surface area contributed by atoms with Crippen LogP contribution in [0.25, 0.3) is 0 Å². The molecule has 0 aliphatic rings. The van der Waals surface area contributed by atoms with Crippen LogP contribution in [0.4, 0.5) is 0 Å². The fourth-order valence-corrected chi connectivity index (χ4v) is 1.61. The van der Waals surface area contributed by atoms with Gasteiger partial charge in [0.2, 0.25) is 0 Å². The fourth-order valence-electron chi connectivity index (χ4n) is 0.893. The van der Waals surface area contributed by atoms with Crippen LogP contribution in [-0.2, 0) is 0 Å². The molecular weight excluding hydrogens is 252 g/mol. The van der Waals surface area contributed by atoms with E-state index in [0.29, 0.717) is 15.1 Å². The standard InChI is InChI=1S/C8H8Cl3N.ClH/c1-4(12)5-2-3-6(9)8(11)7(5)10;/h2-4H,12H2,1H3;1H/t4-;/m0./s1. The molecule has 1 aromatic rings. The first-order chi connectivity index (χ1) is 5.54. The number of benzene rings is 1. The van der Waals surface area contributed by atoms with Gasteiger partial charge in [0.15, 0.2) is 0 Å². The molecule has 74 valence electrons. The predicted octanol–water partition coefficient (Wildman–Crippen LogP) is 4.09. The van der Waals surface area contributed by atoms with Crippen molar-refractivity contribution in [2.75, 3.05) is 0 Å². The average Bonchev–Trinajstić information content (AvgIpc) is 2.00. The monoisotopic (exact) mass is 259 g/mol. The van der Waals surface area contributed by atoms with Gasteiger partial charge in [0.1, 0.15) is 0 Å². The predicted molar refractivity (Wildman–Crippen MR) is 61.3 cm³/mol. The topological polar surface area (TPSA) is 26.0 Å². The van der Waals surface area contributed by atoms with Crippen molar-refractivity contribution in [3.8, 4) is 0 Å².